The summed E-state index contributed by atoms with van der Waals surface area (Å²) >= 11 is 11.8. The minimum absolute atomic E-state index is 0.0502. The average molecular weight is 245 g/mol. The molecule has 0 bridgehead atoms. The van der Waals surface area contributed by atoms with Crippen LogP contribution in [-0.2, 0) is 12.5 Å². The summed E-state index contributed by atoms with van der Waals surface area (Å²) in [4.78, 5) is 1.88. The van der Waals surface area contributed by atoms with Crippen molar-refractivity contribution >= 4 is 45.7 Å². The van der Waals surface area contributed by atoms with Crippen molar-refractivity contribution in [2.24, 2.45) is 0 Å². The molecule has 0 saturated heterocycles. The normalized spacial score (nSPS) is 11.1. The maximum absolute atomic E-state index is 9.17. The molecule has 2 aromatic rings. The van der Waals surface area contributed by atoms with E-state index in [0.717, 1.165) is 25.4 Å². The second-order valence-corrected chi connectivity index (χ2v) is 4.80. The molecule has 1 aromatic heterocycles. The zero-order valence-electron chi connectivity index (χ0n) is 7.33. The lowest BCUT2D eigenvalue weighted by Gasteiger charge is -1.96. The van der Waals surface area contributed by atoms with Crippen molar-refractivity contribution in [2.45, 2.75) is 17.4 Å². The Labute approximate surface area is 96.7 Å². The second-order valence-electron chi connectivity index (χ2n) is 2.95. The number of fused-ring (bicyclic) bond motifs is 1. The number of benzene rings is 1. The highest BCUT2D eigenvalue weighted by Crippen LogP contribution is 2.35. The van der Waals surface area contributed by atoms with Crippen molar-refractivity contribution in [2.75, 3.05) is 0 Å². The molecule has 74 valence electrons. The fourth-order valence-corrected chi connectivity index (χ4v) is 3.30. The molecule has 0 aliphatic rings. The van der Waals surface area contributed by atoms with Gasteiger partial charge in [-0.2, -0.15) is 0 Å². The Morgan fingerprint density at radius 3 is 2.86 bits per heavy atom. The van der Waals surface area contributed by atoms with Crippen LogP contribution >= 0.6 is 35.6 Å². The fourth-order valence-electron chi connectivity index (χ4n) is 1.48. The summed E-state index contributed by atoms with van der Waals surface area (Å²) in [5.74, 6) is 0.438. The lowest BCUT2D eigenvalue weighted by molar-refractivity contribution is 0.285. The quantitative estimate of drug-likeness (QED) is 0.613. The molecule has 0 unspecified atom stereocenters. The summed E-state index contributed by atoms with van der Waals surface area (Å²) in [5.41, 5.74) is 1.03. The molecule has 14 heavy (non-hydrogen) atoms. The van der Waals surface area contributed by atoms with Crippen LogP contribution in [0.2, 0.25) is 0 Å². The van der Waals surface area contributed by atoms with Gasteiger partial charge >= 0.3 is 0 Å². The van der Waals surface area contributed by atoms with Crippen molar-refractivity contribution in [3.63, 3.8) is 0 Å². The van der Waals surface area contributed by atoms with E-state index in [-0.39, 0.29) is 6.61 Å². The van der Waals surface area contributed by atoms with E-state index in [9.17, 15) is 0 Å². The maximum Gasteiger partial charge on any atom is 0.0778 e. The van der Waals surface area contributed by atoms with Crippen LogP contribution in [0.3, 0.4) is 0 Å². The van der Waals surface area contributed by atoms with E-state index < -0.39 is 0 Å². The van der Waals surface area contributed by atoms with Crippen LogP contribution in [0, 0.1) is 0 Å². The fraction of sp³-hybridized carbons (Fsp3) is 0.200. The molecule has 0 aliphatic carbocycles. The summed E-state index contributed by atoms with van der Waals surface area (Å²) in [5, 5.41) is 10.3. The van der Waals surface area contributed by atoms with Gasteiger partial charge in [-0.1, -0.05) is 12.1 Å². The largest absolute Gasteiger partial charge is 0.391 e. The van der Waals surface area contributed by atoms with Gasteiger partial charge in [-0.05, 0) is 17.0 Å². The monoisotopic (exact) mass is 244 g/mol. The lowest BCUT2D eigenvalue weighted by atomic mass is 10.1. The first-order chi connectivity index (χ1) is 6.77. The average Bonchev–Trinajstić information content (AvgIpc) is 2.57. The van der Waals surface area contributed by atoms with E-state index in [2.05, 4.69) is 12.6 Å². The van der Waals surface area contributed by atoms with Crippen LogP contribution in [-0.4, -0.2) is 5.11 Å². The number of alkyl halides is 1. The van der Waals surface area contributed by atoms with Gasteiger partial charge in [-0.3, -0.25) is 0 Å². The van der Waals surface area contributed by atoms with Gasteiger partial charge in [-0.25, -0.2) is 0 Å². The summed E-state index contributed by atoms with van der Waals surface area (Å²) in [7, 11) is 0. The third kappa shape index (κ3) is 1.54. The number of aliphatic hydroxyl groups excluding tert-OH is 1. The Hall–Kier alpha value is -0.220. The molecule has 0 radical (unpaired) electrons. The molecule has 0 amide bonds. The zero-order chi connectivity index (χ0) is 10.1. The first-order valence-electron chi connectivity index (χ1n) is 4.17. The lowest BCUT2D eigenvalue weighted by Crippen LogP contribution is -1.83. The Kier molecular flexibility index (Phi) is 3.02. The number of thiol groups is 1. The minimum Gasteiger partial charge on any atom is -0.391 e. The summed E-state index contributed by atoms with van der Waals surface area (Å²) < 4.78 is 1.11. The van der Waals surface area contributed by atoms with Gasteiger partial charge in [0.2, 0.25) is 0 Å². The summed E-state index contributed by atoms with van der Waals surface area (Å²) in [6.45, 7) is 0.0502. The number of rotatable bonds is 2. The minimum atomic E-state index is 0.0502. The molecule has 0 fully saturated rings. The smallest absolute Gasteiger partial charge is 0.0778 e. The number of halogens is 1. The van der Waals surface area contributed by atoms with Crippen LogP contribution in [0.1, 0.15) is 10.4 Å². The predicted octanol–water partition coefficient (Wildman–Crippen LogP) is 3.42. The van der Waals surface area contributed by atoms with Gasteiger partial charge < -0.3 is 5.11 Å². The first kappa shape index (κ1) is 10.3. The van der Waals surface area contributed by atoms with Gasteiger partial charge in [-0.15, -0.1) is 35.6 Å². The predicted molar refractivity (Wildman–Crippen MR) is 64.6 cm³/mol. The number of aliphatic hydroxyl groups is 1. The molecule has 4 heteroatoms. The molecular weight excluding hydrogens is 236 g/mol. The molecule has 1 aromatic carbocycles. The Morgan fingerprint density at radius 2 is 2.21 bits per heavy atom. The summed E-state index contributed by atoms with van der Waals surface area (Å²) in [6, 6.07) is 5.91. The van der Waals surface area contributed by atoms with Crippen molar-refractivity contribution in [3.05, 3.63) is 28.6 Å². The molecular formula is C10H9ClOS2. The van der Waals surface area contributed by atoms with Gasteiger partial charge in [0, 0.05) is 20.4 Å². The highest BCUT2D eigenvalue weighted by molar-refractivity contribution is 7.80. The van der Waals surface area contributed by atoms with Gasteiger partial charge in [0.05, 0.1) is 6.61 Å². The van der Waals surface area contributed by atoms with Crippen LogP contribution in [0.15, 0.2) is 23.1 Å². The molecule has 0 aliphatic heterocycles. The zero-order valence-corrected chi connectivity index (χ0v) is 9.79. The standard InChI is InChI=1S/C10H9ClOS2/c11-4-7-6-2-1-3-8(13)10(6)14-9(7)5-12/h1-3,12-13H,4-5H2. The number of hydrogen-bond donors (Lipinski definition) is 2. The van der Waals surface area contributed by atoms with Crippen molar-refractivity contribution in [1.82, 2.24) is 0 Å². The van der Waals surface area contributed by atoms with Crippen molar-refractivity contribution < 1.29 is 5.11 Å². The van der Waals surface area contributed by atoms with E-state index in [4.69, 9.17) is 16.7 Å². The van der Waals surface area contributed by atoms with Crippen molar-refractivity contribution in [3.8, 4) is 0 Å². The van der Waals surface area contributed by atoms with E-state index in [0.29, 0.717) is 5.88 Å². The van der Waals surface area contributed by atoms with Gasteiger partial charge in [0.1, 0.15) is 0 Å². The van der Waals surface area contributed by atoms with E-state index in [1.54, 1.807) is 11.3 Å². The Balaban J connectivity index is 2.79. The van der Waals surface area contributed by atoms with Crippen LogP contribution in [0.4, 0.5) is 0 Å². The van der Waals surface area contributed by atoms with Crippen LogP contribution in [0.25, 0.3) is 10.1 Å². The molecule has 0 spiro atoms. The highest BCUT2D eigenvalue weighted by Gasteiger charge is 2.11. The molecule has 0 atom stereocenters. The first-order valence-corrected chi connectivity index (χ1v) is 5.96. The van der Waals surface area contributed by atoms with E-state index in [1.807, 2.05) is 18.2 Å². The maximum atomic E-state index is 9.17. The van der Waals surface area contributed by atoms with E-state index in [1.165, 1.54) is 0 Å². The number of thiophene rings is 1. The van der Waals surface area contributed by atoms with Gasteiger partial charge in [0.15, 0.2) is 0 Å². The molecule has 1 heterocycles. The van der Waals surface area contributed by atoms with Crippen LogP contribution < -0.4 is 0 Å². The molecule has 2 rings (SSSR count). The van der Waals surface area contributed by atoms with Crippen molar-refractivity contribution in [1.29, 1.82) is 0 Å². The molecule has 1 N–H and O–H groups in total. The topological polar surface area (TPSA) is 20.2 Å². The van der Waals surface area contributed by atoms with Gasteiger partial charge in [0.25, 0.3) is 0 Å². The molecule has 1 nitrogen and oxygen atoms in total. The second kappa shape index (κ2) is 4.11. The Morgan fingerprint density at radius 1 is 1.43 bits per heavy atom. The Bertz CT molecular complexity index is 464. The SMILES string of the molecule is OCc1sc2c(S)cccc2c1CCl. The molecule has 0 saturated carbocycles. The third-order valence-corrected chi connectivity index (χ3v) is 4.22. The summed E-state index contributed by atoms with van der Waals surface area (Å²) in [6.07, 6.45) is 0. The number of hydrogen-bond acceptors (Lipinski definition) is 3. The van der Waals surface area contributed by atoms with Crippen LogP contribution in [0.5, 0.6) is 0 Å². The third-order valence-electron chi connectivity index (χ3n) is 2.16. The van der Waals surface area contributed by atoms with E-state index >= 15 is 0 Å². The highest BCUT2D eigenvalue weighted by atomic mass is 35.5.